The van der Waals surface area contributed by atoms with Crippen LogP contribution < -0.4 is 0 Å². The fraction of sp³-hybridized carbons (Fsp3) is 0.125. The van der Waals surface area contributed by atoms with Crippen LogP contribution in [0.3, 0.4) is 0 Å². The van der Waals surface area contributed by atoms with Crippen molar-refractivity contribution in [3.63, 3.8) is 0 Å². The van der Waals surface area contributed by atoms with E-state index in [0.29, 0.717) is 0 Å². The summed E-state index contributed by atoms with van der Waals surface area (Å²) in [7, 11) is 0. The van der Waals surface area contributed by atoms with Gasteiger partial charge in [-0.15, -0.1) is 23.5 Å². The normalized spacial score (nSPS) is 22.1. The van der Waals surface area contributed by atoms with Gasteiger partial charge in [-0.25, -0.2) is 0 Å². The number of thioether (sulfide) groups is 4. The van der Waals surface area contributed by atoms with Gasteiger partial charge in [-0.1, -0.05) is 29.6 Å². The molecule has 0 aromatic heterocycles. The second kappa shape index (κ2) is 11.9. The number of rotatable bonds is 3. The number of hydrogen-bond donors (Lipinski definition) is 0. The summed E-state index contributed by atoms with van der Waals surface area (Å²) in [6.07, 6.45) is 25.0. The Labute approximate surface area is 158 Å². The quantitative estimate of drug-likeness (QED) is 0.575. The van der Waals surface area contributed by atoms with Crippen LogP contribution in [0.2, 0.25) is 0 Å². The summed E-state index contributed by atoms with van der Waals surface area (Å²) in [6.45, 7) is 0. The first-order valence-corrected chi connectivity index (χ1v) is 10.2. The number of hydrogen-bond acceptors (Lipinski definition) is 4. The molecule has 0 N–H and O–H groups in total. The summed E-state index contributed by atoms with van der Waals surface area (Å²) in [4.78, 5) is 0. The molecule has 10 radical (unpaired) electrons. The van der Waals surface area contributed by atoms with Crippen molar-refractivity contribution in [1.82, 2.24) is 0 Å². The first-order chi connectivity index (χ1) is 9.83. The molecular formula is C16H16FeS4+2. The molecule has 0 amide bonds. The first kappa shape index (κ1) is 20.4. The molecule has 2 saturated carbocycles. The molecule has 0 bridgehead atoms. The Morgan fingerprint density at radius 3 is 1.57 bits per heavy atom. The van der Waals surface area contributed by atoms with Gasteiger partial charge < -0.3 is 0 Å². The molecule has 3 aliphatic rings. The van der Waals surface area contributed by atoms with E-state index in [-0.39, 0.29) is 17.1 Å². The Morgan fingerprint density at radius 2 is 1.19 bits per heavy atom. The summed E-state index contributed by atoms with van der Waals surface area (Å²) >= 11 is 7.46. The third kappa shape index (κ3) is 7.22. The van der Waals surface area contributed by atoms with Crippen LogP contribution in [0, 0.1) is 63.7 Å². The zero-order valence-electron chi connectivity index (χ0n) is 11.8. The van der Waals surface area contributed by atoms with Crippen LogP contribution in [0.4, 0.5) is 0 Å². The zero-order valence-corrected chi connectivity index (χ0v) is 16.1. The second-order valence-corrected chi connectivity index (χ2v) is 8.34. The van der Waals surface area contributed by atoms with Crippen LogP contribution in [-0.4, -0.2) is 12.5 Å². The maximum Gasteiger partial charge on any atom is 2.00 e. The van der Waals surface area contributed by atoms with Crippen molar-refractivity contribution >= 4 is 47.0 Å². The Balaban J connectivity index is 0.000000313. The van der Waals surface area contributed by atoms with E-state index in [1.807, 2.05) is 79.2 Å². The van der Waals surface area contributed by atoms with E-state index in [4.69, 9.17) is 0 Å². The van der Waals surface area contributed by atoms with Gasteiger partial charge >= 0.3 is 17.1 Å². The van der Waals surface area contributed by atoms with Crippen molar-refractivity contribution in [2.45, 2.75) is 0 Å². The maximum absolute atomic E-state index is 2.26. The summed E-state index contributed by atoms with van der Waals surface area (Å²) < 4.78 is 4.26. The predicted octanol–water partition coefficient (Wildman–Crippen LogP) is 5.58. The van der Waals surface area contributed by atoms with Crippen molar-refractivity contribution in [3.05, 3.63) is 82.5 Å². The van der Waals surface area contributed by atoms with Crippen molar-refractivity contribution in [2.24, 2.45) is 0 Å². The molecule has 0 unspecified atom stereocenters. The minimum absolute atomic E-state index is 0. The Hall–Kier alpha value is 1.40. The van der Waals surface area contributed by atoms with Crippen LogP contribution >= 0.6 is 47.0 Å². The van der Waals surface area contributed by atoms with Gasteiger partial charge in [0.15, 0.2) is 0 Å². The van der Waals surface area contributed by atoms with E-state index >= 15 is 0 Å². The molecule has 2 fully saturated rings. The summed E-state index contributed by atoms with van der Waals surface area (Å²) in [6, 6.07) is 0. The Bertz CT molecular complexity index is 330. The molecule has 3 rings (SSSR count). The summed E-state index contributed by atoms with van der Waals surface area (Å²) in [5.74, 6) is 1.30. The van der Waals surface area contributed by atoms with Crippen LogP contribution in [0.1, 0.15) is 0 Å². The molecule has 0 spiro atoms. The number of allylic oxidation sites excluding steroid dienone is 1. The van der Waals surface area contributed by atoms with Gasteiger partial charge in [0.2, 0.25) is 0 Å². The van der Waals surface area contributed by atoms with Crippen LogP contribution in [0.15, 0.2) is 18.8 Å². The third-order valence-electron chi connectivity index (χ3n) is 2.45. The molecule has 110 valence electrons. The molecule has 2 aliphatic carbocycles. The molecule has 1 heterocycles. The van der Waals surface area contributed by atoms with E-state index in [1.165, 1.54) is 18.6 Å². The van der Waals surface area contributed by atoms with E-state index in [0.717, 1.165) is 0 Å². The predicted molar refractivity (Wildman–Crippen MR) is 99.3 cm³/mol. The van der Waals surface area contributed by atoms with Gasteiger partial charge in [0.1, 0.15) is 0 Å². The Morgan fingerprint density at radius 1 is 0.762 bits per heavy atom. The standard InChI is InChI=1S/C11H11S4.C5H5.Fe/c1-12-10-11(13-2)15-9(14-10)7-8-5-3-4-6-8;1-2-4-5-3-1;/h3-7H,1-2H3;1-5H;/q;;+2. The molecule has 0 atom stereocenters. The first-order valence-electron chi connectivity index (χ1n) is 6.11. The van der Waals surface area contributed by atoms with E-state index < -0.39 is 0 Å². The monoisotopic (exact) mass is 392 g/mol. The zero-order chi connectivity index (χ0) is 14.2. The minimum atomic E-state index is 0. The topological polar surface area (TPSA) is 0 Å². The fourth-order valence-electron chi connectivity index (χ4n) is 1.54. The van der Waals surface area contributed by atoms with Crippen molar-refractivity contribution in [1.29, 1.82) is 0 Å². The van der Waals surface area contributed by atoms with Gasteiger partial charge in [-0.2, -0.15) is 0 Å². The van der Waals surface area contributed by atoms with Gasteiger partial charge in [0.05, 0.1) is 8.47 Å². The van der Waals surface area contributed by atoms with Crippen molar-refractivity contribution in [3.8, 4) is 0 Å². The largest absolute Gasteiger partial charge is 2.00 e. The SMILES string of the molecule is CSC1=C(SC)SC(=C[C]2[CH][CH][CH][CH]2)S1.[CH]1[CH][CH][CH][CH]1.[Fe+2]. The Kier molecular flexibility index (Phi) is 11.5. The van der Waals surface area contributed by atoms with E-state index in [2.05, 4.69) is 44.3 Å². The molecule has 1 aliphatic heterocycles. The molecule has 5 heteroatoms. The van der Waals surface area contributed by atoms with Gasteiger partial charge in [0, 0.05) is 10.2 Å². The van der Waals surface area contributed by atoms with Gasteiger partial charge in [0.25, 0.3) is 0 Å². The van der Waals surface area contributed by atoms with Gasteiger partial charge in [-0.05, 0) is 70.3 Å². The van der Waals surface area contributed by atoms with Crippen molar-refractivity contribution in [2.75, 3.05) is 12.5 Å². The maximum atomic E-state index is 2.26. The molecular weight excluding hydrogens is 376 g/mol. The molecule has 0 aromatic rings. The van der Waals surface area contributed by atoms with E-state index in [1.54, 1.807) is 0 Å². The summed E-state index contributed by atoms with van der Waals surface area (Å²) in [5, 5.41) is 0. The second-order valence-electron chi connectivity index (χ2n) is 3.83. The summed E-state index contributed by atoms with van der Waals surface area (Å²) in [5.41, 5.74) is 0. The van der Waals surface area contributed by atoms with E-state index in [9.17, 15) is 0 Å². The molecule has 0 saturated heterocycles. The average molecular weight is 392 g/mol. The van der Waals surface area contributed by atoms with Crippen molar-refractivity contribution < 1.29 is 17.1 Å². The minimum Gasteiger partial charge on any atom is -0.121 e. The molecule has 0 nitrogen and oxygen atoms in total. The molecule has 0 aromatic carbocycles. The van der Waals surface area contributed by atoms with Crippen LogP contribution in [0.5, 0.6) is 0 Å². The smallest absolute Gasteiger partial charge is 0.121 e. The van der Waals surface area contributed by atoms with Crippen LogP contribution in [0.25, 0.3) is 0 Å². The van der Waals surface area contributed by atoms with Gasteiger partial charge in [-0.3, -0.25) is 0 Å². The fourth-order valence-corrected chi connectivity index (χ4v) is 6.48. The van der Waals surface area contributed by atoms with Crippen LogP contribution in [-0.2, 0) is 17.1 Å². The third-order valence-corrected chi connectivity index (χ3v) is 7.54. The average Bonchev–Trinajstić information content (AvgIpc) is 3.22. The molecule has 21 heavy (non-hydrogen) atoms.